The summed E-state index contributed by atoms with van der Waals surface area (Å²) in [5.41, 5.74) is 0. The summed E-state index contributed by atoms with van der Waals surface area (Å²) in [6, 6.07) is 0. The average molecular weight is 343 g/mol. The molecule has 8 nitrogen and oxygen atoms in total. The van der Waals surface area contributed by atoms with Crippen molar-refractivity contribution in [2.24, 2.45) is 4.99 Å². The summed E-state index contributed by atoms with van der Waals surface area (Å²) in [4.78, 5) is 10.7. The minimum absolute atomic E-state index is 0.146. The van der Waals surface area contributed by atoms with Crippen molar-refractivity contribution in [1.82, 2.24) is 20.4 Å². The van der Waals surface area contributed by atoms with Gasteiger partial charge in [0.15, 0.2) is 21.6 Å². The van der Waals surface area contributed by atoms with Crippen LogP contribution in [0, 0.1) is 6.92 Å². The van der Waals surface area contributed by atoms with E-state index in [1.54, 1.807) is 20.8 Å². The predicted octanol–water partition coefficient (Wildman–Crippen LogP) is 0.395. The first-order valence-electron chi connectivity index (χ1n) is 7.80. The molecular weight excluding hydrogens is 318 g/mol. The summed E-state index contributed by atoms with van der Waals surface area (Å²) in [5.74, 6) is 2.04. The molecule has 1 aliphatic rings. The van der Waals surface area contributed by atoms with E-state index in [4.69, 9.17) is 4.52 Å². The Balaban J connectivity index is 2.04. The van der Waals surface area contributed by atoms with Crippen LogP contribution in [0.5, 0.6) is 0 Å². The lowest BCUT2D eigenvalue weighted by atomic mass is 10.2. The fraction of sp³-hybridized carbons (Fsp3) is 0.786. The van der Waals surface area contributed by atoms with Crippen molar-refractivity contribution < 1.29 is 12.9 Å². The summed E-state index contributed by atoms with van der Waals surface area (Å²) in [5, 5.41) is 6.97. The molecule has 0 saturated carbocycles. The molecule has 0 radical (unpaired) electrons. The average Bonchev–Trinajstić information content (AvgIpc) is 2.87. The van der Waals surface area contributed by atoms with Crippen LogP contribution in [0.2, 0.25) is 0 Å². The van der Waals surface area contributed by atoms with Crippen molar-refractivity contribution in [3.63, 3.8) is 0 Å². The number of rotatable bonds is 4. The monoisotopic (exact) mass is 343 g/mol. The second-order valence-electron chi connectivity index (χ2n) is 6.22. The van der Waals surface area contributed by atoms with Gasteiger partial charge >= 0.3 is 0 Å². The highest BCUT2D eigenvalue weighted by Gasteiger charge is 2.40. The standard InChI is InChI=1S/C14H25N5O3S/c1-5-15-13(16-7-6-12-17-11(2)18-22-12)19-8-9-23(20,21)14(3,4)10-19/h5-10H2,1-4H3,(H,15,16). The minimum Gasteiger partial charge on any atom is -0.357 e. The topological polar surface area (TPSA) is 101 Å². The Morgan fingerprint density at radius 3 is 2.78 bits per heavy atom. The Morgan fingerprint density at radius 2 is 2.22 bits per heavy atom. The third kappa shape index (κ3) is 4.21. The van der Waals surface area contributed by atoms with Crippen molar-refractivity contribution in [1.29, 1.82) is 0 Å². The minimum atomic E-state index is -3.06. The van der Waals surface area contributed by atoms with E-state index in [2.05, 4.69) is 20.4 Å². The molecule has 2 heterocycles. The molecule has 0 atom stereocenters. The summed E-state index contributed by atoms with van der Waals surface area (Å²) < 4.78 is 28.5. The molecule has 9 heteroatoms. The van der Waals surface area contributed by atoms with E-state index in [-0.39, 0.29) is 5.75 Å². The zero-order valence-electron chi connectivity index (χ0n) is 14.2. The number of nitrogens with zero attached hydrogens (tertiary/aromatic N) is 4. The Bertz CT molecular complexity index is 666. The number of guanidine groups is 1. The van der Waals surface area contributed by atoms with Crippen LogP contribution in [0.15, 0.2) is 9.52 Å². The van der Waals surface area contributed by atoms with Gasteiger partial charge in [-0.15, -0.1) is 0 Å². The zero-order valence-corrected chi connectivity index (χ0v) is 15.0. The quantitative estimate of drug-likeness (QED) is 0.623. The van der Waals surface area contributed by atoms with Gasteiger partial charge in [-0.05, 0) is 27.7 Å². The fourth-order valence-corrected chi connectivity index (χ4v) is 3.82. The zero-order chi connectivity index (χ0) is 17.1. The molecule has 1 aromatic heterocycles. The molecule has 0 bridgehead atoms. The maximum absolute atomic E-state index is 12.1. The first kappa shape index (κ1) is 17.7. The molecular formula is C14H25N5O3S. The highest BCUT2D eigenvalue weighted by molar-refractivity contribution is 7.92. The summed E-state index contributed by atoms with van der Waals surface area (Å²) in [7, 11) is -3.06. The second kappa shape index (κ2) is 6.86. The van der Waals surface area contributed by atoms with Gasteiger partial charge in [0.1, 0.15) is 0 Å². The molecule has 1 aromatic rings. The molecule has 0 unspecified atom stereocenters. The van der Waals surface area contributed by atoms with E-state index >= 15 is 0 Å². The molecule has 1 saturated heterocycles. The van der Waals surface area contributed by atoms with Crippen molar-refractivity contribution in [3.8, 4) is 0 Å². The van der Waals surface area contributed by atoms with Gasteiger partial charge < -0.3 is 14.7 Å². The molecule has 2 rings (SSSR count). The largest absolute Gasteiger partial charge is 0.357 e. The number of hydrogen-bond donors (Lipinski definition) is 1. The van der Waals surface area contributed by atoms with Crippen LogP contribution >= 0.6 is 0 Å². The molecule has 1 N–H and O–H groups in total. The highest BCUT2D eigenvalue weighted by Crippen LogP contribution is 2.23. The van der Waals surface area contributed by atoms with Crippen molar-refractivity contribution >= 4 is 15.8 Å². The third-order valence-corrected chi connectivity index (χ3v) is 6.37. The van der Waals surface area contributed by atoms with E-state index in [1.807, 2.05) is 11.8 Å². The predicted molar refractivity (Wildman–Crippen MR) is 88.2 cm³/mol. The first-order valence-corrected chi connectivity index (χ1v) is 9.45. The number of aliphatic imine (C=N–C) groups is 1. The summed E-state index contributed by atoms with van der Waals surface area (Å²) in [6.07, 6.45) is 0.561. The van der Waals surface area contributed by atoms with Crippen LogP contribution in [0.3, 0.4) is 0 Å². The number of nitrogens with one attached hydrogen (secondary N) is 1. The molecule has 23 heavy (non-hydrogen) atoms. The van der Waals surface area contributed by atoms with Crippen molar-refractivity contribution in [2.45, 2.75) is 38.9 Å². The van der Waals surface area contributed by atoms with Gasteiger partial charge in [0.2, 0.25) is 5.89 Å². The second-order valence-corrected chi connectivity index (χ2v) is 8.96. The smallest absolute Gasteiger partial charge is 0.228 e. The Labute approximate surface area is 137 Å². The molecule has 130 valence electrons. The van der Waals surface area contributed by atoms with Gasteiger partial charge in [0, 0.05) is 26.1 Å². The normalized spacial score (nSPS) is 20.5. The van der Waals surface area contributed by atoms with Gasteiger partial charge in [-0.25, -0.2) is 8.42 Å². The number of aromatic nitrogens is 2. The number of aryl methyl sites for hydroxylation is 1. The van der Waals surface area contributed by atoms with Crippen LogP contribution in [-0.4, -0.2) is 66.1 Å². The van der Waals surface area contributed by atoms with Crippen LogP contribution < -0.4 is 5.32 Å². The number of sulfone groups is 1. The lowest BCUT2D eigenvalue weighted by molar-refractivity contribution is 0.352. The van der Waals surface area contributed by atoms with Gasteiger partial charge in [0.05, 0.1) is 17.0 Å². The molecule has 0 aromatic carbocycles. The van der Waals surface area contributed by atoms with Crippen LogP contribution in [0.25, 0.3) is 0 Å². The maximum Gasteiger partial charge on any atom is 0.228 e. The third-order valence-electron chi connectivity index (χ3n) is 3.83. The van der Waals surface area contributed by atoms with Crippen molar-refractivity contribution in [2.75, 3.05) is 31.9 Å². The summed E-state index contributed by atoms with van der Waals surface area (Å²) >= 11 is 0. The van der Waals surface area contributed by atoms with Crippen LogP contribution in [0.4, 0.5) is 0 Å². The van der Waals surface area contributed by atoms with Gasteiger partial charge in [-0.2, -0.15) is 4.98 Å². The van der Waals surface area contributed by atoms with Crippen LogP contribution in [0.1, 0.15) is 32.5 Å². The van der Waals surface area contributed by atoms with Crippen LogP contribution in [-0.2, 0) is 16.3 Å². The van der Waals surface area contributed by atoms with E-state index in [0.717, 1.165) is 12.5 Å². The van der Waals surface area contributed by atoms with E-state index in [0.29, 0.717) is 37.8 Å². The van der Waals surface area contributed by atoms with Gasteiger partial charge in [0.25, 0.3) is 0 Å². The maximum atomic E-state index is 12.1. The first-order chi connectivity index (χ1) is 10.7. The van der Waals surface area contributed by atoms with Gasteiger partial charge in [-0.1, -0.05) is 5.16 Å². The van der Waals surface area contributed by atoms with Gasteiger partial charge in [-0.3, -0.25) is 4.99 Å². The number of hydrogen-bond acceptors (Lipinski definition) is 6. The fourth-order valence-electron chi connectivity index (χ4n) is 2.45. The van der Waals surface area contributed by atoms with Crippen molar-refractivity contribution in [3.05, 3.63) is 11.7 Å². The molecule has 1 aliphatic heterocycles. The Kier molecular flexibility index (Phi) is 5.28. The highest BCUT2D eigenvalue weighted by atomic mass is 32.2. The molecule has 0 aliphatic carbocycles. The Hall–Kier alpha value is -1.64. The van der Waals surface area contributed by atoms with E-state index in [1.165, 1.54) is 0 Å². The lowest BCUT2D eigenvalue weighted by Gasteiger charge is -2.39. The molecule has 1 fully saturated rings. The molecule has 0 amide bonds. The lowest BCUT2D eigenvalue weighted by Crippen LogP contribution is -2.57. The Morgan fingerprint density at radius 1 is 1.48 bits per heavy atom. The van der Waals surface area contributed by atoms with E-state index < -0.39 is 14.6 Å². The van der Waals surface area contributed by atoms with E-state index in [9.17, 15) is 8.42 Å². The summed E-state index contributed by atoms with van der Waals surface area (Å²) in [6.45, 7) is 9.41. The molecule has 0 spiro atoms. The SMILES string of the molecule is CCNC(=NCCc1nc(C)no1)N1CCS(=O)(=O)C(C)(C)C1.